The maximum atomic E-state index is 12.5. The third kappa shape index (κ3) is 3.07. The number of methoxy groups -OCH3 is 1. The van der Waals surface area contributed by atoms with Crippen molar-refractivity contribution in [1.82, 2.24) is 9.88 Å². The average molecular weight is 316 g/mol. The van der Waals surface area contributed by atoms with Crippen molar-refractivity contribution in [2.24, 2.45) is 0 Å². The molecular formula is C17H20N2O4. The van der Waals surface area contributed by atoms with Crippen LogP contribution in [0, 0.1) is 0 Å². The Labute approximate surface area is 134 Å². The molecule has 2 aromatic rings. The Hall–Kier alpha value is -2.34. The van der Waals surface area contributed by atoms with Gasteiger partial charge >= 0.3 is 0 Å². The van der Waals surface area contributed by atoms with Gasteiger partial charge in [0.2, 0.25) is 5.91 Å². The quantitative estimate of drug-likeness (QED) is 0.939. The van der Waals surface area contributed by atoms with Gasteiger partial charge in [0.05, 0.1) is 24.3 Å². The van der Waals surface area contributed by atoms with Crippen LogP contribution in [0.25, 0.3) is 10.9 Å². The van der Waals surface area contributed by atoms with Crippen LogP contribution in [-0.2, 0) is 4.74 Å². The van der Waals surface area contributed by atoms with Gasteiger partial charge in [0.25, 0.3) is 5.91 Å². The van der Waals surface area contributed by atoms with E-state index in [-0.39, 0.29) is 17.9 Å². The zero-order valence-electron chi connectivity index (χ0n) is 13.3. The number of aromatic nitrogens is 1. The maximum absolute atomic E-state index is 12.5. The van der Waals surface area contributed by atoms with Crippen LogP contribution in [0.2, 0.25) is 0 Å². The molecule has 0 bridgehead atoms. The number of carbonyl (C=O) groups excluding carboxylic acids is 2. The van der Waals surface area contributed by atoms with Crippen LogP contribution in [0.1, 0.15) is 34.9 Å². The summed E-state index contributed by atoms with van der Waals surface area (Å²) in [6.45, 7) is 2.70. The van der Waals surface area contributed by atoms with Crippen LogP contribution in [0.3, 0.4) is 0 Å². The van der Waals surface area contributed by atoms with Crippen molar-refractivity contribution in [3.63, 3.8) is 0 Å². The van der Waals surface area contributed by atoms with Gasteiger partial charge in [0, 0.05) is 31.7 Å². The number of nitrogens with zero attached hydrogens (tertiary/aromatic N) is 1. The molecule has 23 heavy (non-hydrogen) atoms. The van der Waals surface area contributed by atoms with Gasteiger partial charge in [0.15, 0.2) is 0 Å². The van der Waals surface area contributed by atoms with Crippen molar-refractivity contribution in [3.05, 3.63) is 30.0 Å². The van der Waals surface area contributed by atoms with E-state index in [1.54, 1.807) is 31.5 Å². The lowest BCUT2D eigenvalue weighted by molar-refractivity contribution is 0.0859. The first kappa shape index (κ1) is 15.6. The fourth-order valence-electron chi connectivity index (χ4n) is 2.88. The van der Waals surface area contributed by atoms with Crippen LogP contribution in [-0.4, -0.2) is 42.7 Å². The molecule has 0 aliphatic carbocycles. The number of amides is 1. The molecule has 6 heteroatoms. The standard InChI is InChI=1S/C17H20N2O4/c1-11(20)19-10-15(14-8-12(22-2)5-6-16(14)19)17(21)18-9-13-4-3-7-23-13/h5-6,8,10,13H,3-4,7,9H2,1-2H3,(H,18,21). The molecule has 1 fully saturated rings. The summed E-state index contributed by atoms with van der Waals surface area (Å²) in [4.78, 5) is 24.3. The summed E-state index contributed by atoms with van der Waals surface area (Å²) in [6, 6.07) is 5.33. The molecule has 1 atom stereocenters. The molecule has 1 aromatic carbocycles. The van der Waals surface area contributed by atoms with Crippen LogP contribution >= 0.6 is 0 Å². The van der Waals surface area contributed by atoms with E-state index < -0.39 is 0 Å². The zero-order chi connectivity index (χ0) is 16.4. The number of rotatable bonds is 4. The lowest BCUT2D eigenvalue weighted by Gasteiger charge is -2.10. The van der Waals surface area contributed by atoms with Gasteiger partial charge in [0.1, 0.15) is 5.75 Å². The predicted octanol–water partition coefficient (Wildman–Crippen LogP) is 2.22. The van der Waals surface area contributed by atoms with Crippen molar-refractivity contribution < 1.29 is 19.1 Å². The molecule has 1 unspecified atom stereocenters. The summed E-state index contributed by atoms with van der Waals surface area (Å²) in [7, 11) is 1.57. The minimum Gasteiger partial charge on any atom is -0.497 e. The van der Waals surface area contributed by atoms with E-state index in [4.69, 9.17) is 9.47 Å². The number of nitrogens with one attached hydrogen (secondary N) is 1. The SMILES string of the molecule is COc1ccc2c(c1)c(C(=O)NCC1CCCO1)cn2C(C)=O. The first-order chi connectivity index (χ1) is 11.1. The topological polar surface area (TPSA) is 69.6 Å². The first-order valence-corrected chi connectivity index (χ1v) is 7.70. The Kier molecular flexibility index (Phi) is 4.34. The highest BCUT2D eigenvalue weighted by molar-refractivity contribution is 6.09. The Balaban J connectivity index is 1.91. The van der Waals surface area contributed by atoms with Crippen LogP contribution in [0.15, 0.2) is 24.4 Å². The molecule has 0 spiro atoms. The molecular weight excluding hydrogens is 296 g/mol. The van der Waals surface area contributed by atoms with Gasteiger partial charge in [-0.25, -0.2) is 0 Å². The van der Waals surface area contributed by atoms with E-state index >= 15 is 0 Å². The van der Waals surface area contributed by atoms with Crippen molar-refractivity contribution >= 4 is 22.7 Å². The highest BCUT2D eigenvalue weighted by Crippen LogP contribution is 2.26. The second kappa shape index (κ2) is 6.42. The number of carbonyl (C=O) groups is 2. The Morgan fingerprint density at radius 3 is 2.91 bits per heavy atom. The van der Waals surface area contributed by atoms with Crippen molar-refractivity contribution in [2.75, 3.05) is 20.3 Å². The van der Waals surface area contributed by atoms with Crippen molar-refractivity contribution in [1.29, 1.82) is 0 Å². The average Bonchev–Trinajstić information content (AvgIpc) is 3.19. The van der Waals surface area contributed by atoms with E-state index in [1.165, 1.54) is 11.5 Å². The molecule has 6 nitrogen and oxygen atoms in total. The molecule has 122 valence electrons. The van der Waals surface area contributed by atoms with Gasteiger partial charge in [-0.05, 0) is 31.0 Å². The lowest BCUT2D eigenvalue weighted by atomic mass is 10.1. The summed E-state index contributed by atoms with van der Waals surface area (Å²) in [5.74, 6) is 0.295. The van der Waals surface area contributed by atoms with Crippen molar-refractivity contribution in [2.45, 2.75) is 25.9 Å². The fourth-order valence-corrected chi connectivity index (χ4v) is 2.88. The third-order valence-electron chi connectivity index (χ3n) is 4.11. The Morgan fingerprint density at radius 1 is 1.43 bits per heavy atom. The highest BCUT2D eigenvalue weighted by Gasteiger charge is 2.20. The summed E-state index contributed by atoms with van der Waals surface area (Å²) in [5.41, 5.74) is 1.16. The number of fused-ring (bicyclic) bond motifs is 1. The van der Waals surface area contributed by atoms with E-state index in [0.717, 1.165) is 19.4 Å². The lowest BCUT2D eigenvalue weighted by Crippen LogP contribution is -2.31. The first-order valence-electron chi connectivity index (χ1n) is 7.70. The second-order valence-electron chi connectivity index (χ2n) is 5.66. The number of hydrogen-bond donors (Lipinski definition) is 1. The van der Waals surface area contributed by atoms with Gasteiger partial charge in [-0.1, -0.05) is 0 Å². The highest BCUT2D eigenvalue weighted by atomic mass is 16.5. The van der Waals surface area contributed by atoms with Crippen molar-refractivity contribution in [3.8, 4) is 5.75 Å². The zero-order valence-corrected chi connectivity index (χ0v) is 13.3. The molecule has 1 aromatic heterocycles. The number of benzene rings is 1. The summed E-state index contributed by atoms with van der Waals surface area (Å²) < 4.78 is 12.2. The molecule has 1 aliphatic rings. The molecule has 0 radical (unpaired) electrons. The second-order valence-corrected chi connectivity index (χ2v) is 5.66. The van der Waals surface area contributed by atoms with Gasteiger partial charge in [-0.3, -0.25) is 14.2 Å². The summed E-state index contributed by atoms with van der Waals surface area (Å²) >= 11 is 0. The molecule has 3 rings (SSSR count). The largest absolute Gasteiger partial charge is 0.497 e. The van der Waals surface area contributed by atoms with Crippen LogP contribution in [0.5, 0.6) is 5.75 Å². The molecule has 0 saturated carbocycles. The maximum Gasteiger partial charge on any atom is 0.253 e. The molecule has 1 aliphatic heterocycles. The van der Waals surface area contributed by atoms with Crippen LogP contribution < -0.4 is 10.1 Å². The predicted molar refractivity (Wildman–Crippen MR) is 86.1 cm³/mol. The van der Waals surface area contributed by atoms with Gasteiger partial charge < -0.3 is 14.8 Å². The van der Waals surface area contributed by atoms with Gasteiger partial charge in [-0.15, -0.1) is 0 Å². The Morgan fingerprint density at radius 2 is 2.26 bits per heavy atom. The molecule has 2 heterocycles. The third-order valence-corrected chi connectivity index (χ3v) is 4.11. The van der Waals surface area contributed by atoms with Crippen LogP contribution in [0.4, 0.5) is 0 Å². The van der Waals surface area contributed by atoms with E-state index in [9.17, 15) is 9.59 Å². The Bertz CT molecular complexity index is 744. The van der Waals surface area contributed by atoms with E-state index in [1.807, 2.05) is 0 Å². The van der Waals surface area contributed by atoms with Gasteiger partial charge in [-0.2, -0.15) is 0 Å². The van der Waals surface area contributed by atoms with E-state index in [0.29, 0.717) is 28.8 Å². The monoisotopic (exact) mass is 316 g/mol. The number of ether oxygens (including phenoxy) is 2. The smallest absolute Gasteiger partial charge is 0.253 e. The number of hydrogen-bond acceptors (Lipinski definition) is 4. The summed E-state index contributed by atoms with van der Waals surface area (Å²) in [5, 5.41) is 3.59. The molecule has 1 amide bonds. The summed E-state index contributed by atoms with van der Waals surface area (Å²) in [6.07, 6.45) is 3.65. The minimum atomic E-state index is -0.209. The fraction of sp³-hybridized carbons (Fsp3) is 0.412. The molecule has 1 saturated heterocycles. The minimum absolute atomic E-state index is 0.0784. The van der Waals surface area contributed by atoms with E-state index in [2.05, 4.69) is 5.32 Å². The molecule has 1 N–H and O–H groups in total. The normalized spacial score (nSPS) is 17.4.